The van der Waals surface area contributed by atoms with E-state index in [1.165, 1.54) is 5.49 Å². The Labute approximate surface area is 53.8 Å². The Hall–Kier alpha value is 0.716. The van der Waals surface area contributed by atoms with Crippen molar-refractivity contribution in [2.75, 3.05) is 0 Å². The van der Waals surface area contributed by atoms with Gasteiger partial charge in [-0.3, -0.25) is 0 Å². The van der Waals surface area contributed by atoms with Crippen molar-refractivity contribution in [3.63, 3.8) is 0 Å². The topological polar surface area (TPSA) is 0 Å². The molecule has 0 bridgehead atoms. The quantitative estimate of drug-likeness (QED) is 0.431. The monoisotopic (exact) mass is 146 g/mol. The Kier molecular flexibility index (Phi) is 5.36. The van der Waals surface area contributed by atoms with Gasteiger partial charge in [0.25, 0.3) is 0 Å². The summed E-state index contributed by atoms with van der Waals surface area (Å²) in [6, 6.07) is 0. The highest BCUT2D eigenvalue weighted by Gasteiger charge is 2.02. The molecule has 0 aromatic carbocycles. The van der Waals surface area contributed by atoms with Crippen molar-refractivity contribution in [2.24, 2.45) is 0 Å². The Morgan fingerprint density at radius 3 is 1.14 bits per heavy atom. The summed E-state index contributed by atoms with van der Waals surface area (Å²) in [6.07, 6.45) is 0. The first kappa shape index (κ1) is 7.72. The second-order valence-corrected chi connectivity index (χ2v) is 11.5. The summed E-state index contributed by atoms with van der Waals surface area (Å²) in [7, 11) is 1.35. The average molecular weight is 146 g/mol. The normalized spacial score (nSPS) is 14.1. The first-order chi connectivity index (χ1) is 3.35. The molecule has 0 aromatic heterocycles. The molecule has 0 unspecified atom stereocenters. The summed E-state index contributed by atoms with van der Waals surface area (Å²) in [5.74, 6) is 0. The molecule has 0 radical (unpaired) electrons. The van der Waals surface area contributed by atoms with Crippen LogP contribution in [0.3, 0.4) is 0 Å². The largest absolute Gasteiger partial charge is 0.103 e. The van der Waals surface area contributed by atoms with Crippen molar-refractivity contribution in [1.82, 2.24) is 0 Å². The minimum Gasteiger partial charge on any atom is -0.0807 e. The van der Waals surface area contributed by atoms with Gasteiger partial charge in [-0.05, 0) is 28.2 Å². The second kappa shape index (κ2) is 4.86. The minimum atomic E-state index is 0.451. The van der Waals surface area contributed by atoms with Gasteiger partial charge in [-0.2, -0.15) is 0 Å². The SMILES string of the molecule is C[SiH2]B([SiH2]C)[SiH2]C. The van der Waals surface area contributed by atoms with Crippen molar-refractivity contribution >= 4 is 33.7 Å². The third-order valence-electron chi connectivity index (χ3n) is 1.73. The van der Waals surface area contributed by atoms with Crippen molar-refractivity contribution in [2.45, 2.75) is 19.6 Å². The molecule has 0 rings (SSSR count). The van der Waals surface area contributed by atoms with Gasteiger partial charge in [0.05, 0.1) is 0 Å². The van der Waals surface area contributed by atoms with Crippen LogP contribution in [0.2, 0.25) is 19.6 Å². The maximum atomic E-state index is 2.47. The zero-order chi connectivity index (χ0) is 5.70. The lowest BCUT2D eigenvalue weighted by atomic mass is 10.6. The second-order valence-electron chi connectivity index (χ2n) is 2.09. The molecule has 42 valence electrons. The molecular formula is C3H15BSi3. The standard InChI is InChI=1S/C3H15BSi3/c1-5-4(6-2)7-3/h5-7H2,1-3H3. The maximum Gasteiger partial charge on any atom is 0.103 e. The van der Waals surface area contributed by atoms with E-state index in [0.717, 1.165) is 0 Å². The Balaban J connectivity index is 2.99. The summed E-state index contributed by atoms with van der Waals surface area (Å²) in [5, 5.41) is 0. The number of hydrogen-bond donors (Lipinski definition) is 0. The molecular weight excluding hydrogens is 131 g/mol. The van der Waals surface area contributed by atoms with Crippen LogP contribution in [0, 0.1) is 0 Å². The zero-order valence-electron chi connectivity index (χ0n) is 5.70. The van der Waals surface area contributed by atoms with Gasteiger partial charge >= 0.3 is 0 Å². The van der Waals surface area contributed by atoms with Crippen LogP contribution in [0.4, 0.5) is 0 Å². The minimum absolute atomic E-state index is 0.451. The van der Waals surface area contributed by atoms with E-state index in [0.29, 0.717) is 28.2 Å². The first-order valence-corrected chi connectivity index (χ1v) is 10.0. The highest BCUT2D eigenvalue weighted by atomic mass is 28.3. The van der Waals surface area contributed by atoms with Crippen LogP contribution in [0.1, 0.15) is 0 Å². The zero-order valence-corrected chi connectivity index (χ0v) is 9.94. The van der Waals surface area contributed by atoms with E-state index >= 15 is 0 Å². The van der Waals surface area contributed by atoms with E-state index in [1.807, 2.05) is 0 Å². The molecule has 0 saturated heterocycles. The molecule has 0 aliphatic carbocycles. The van der Waals surface area contributed by atoms with E-state index in [1.54, 1.807) is 0 Å². The average Bonchev–Trinajstić information content (AvgIpc) is 1.72. The van der Waals surface area contributed by atoms with Gasteiger partial charge in [0, 0.05) is 0 Å². The fourth-order valence-corrected chi connectivity index (χ4v) is 7.79. The van der Waals surface area contributed by atoms with Gasteiger partial charge in [0.15, 0.2) is 0 Å². The Morgan fingerprint density at radius 2 is 1.14 bits per heavy atom. The summed E-state index contributed by atoms with van der Waals surface area (Å²) in [4.78, 5) is 0. The summed E-state index contributed by atoms with van der Waals surface area (Å²) in [6.45, 7) is 7.41. The van der Waals surface area contributed by atoms with Gasteiger partial charge in [-0.25, -0.2) is 0 Å². The van der Waals surface area contributed by atoms with Crippen molar-refractivity contribution in [1.29, 1.82) is 0 Å². The van der Waals surface area contributed by atoms with Crippen LogP contribution in [-0.2, 0) is 0 Å². The van der Waals surface area contributed by atoms with Crippen LogP contribution in [0.25, 0.3) is 0 Å². The summed E-state index contributed by atoms with van der Waals surface area (Å²) in [5.41, 5.74) is 1.40. The lowest BCUT2D eigenvalue weighted by Gasteiger charge is -1.98. The molecule has 0 aliphatic rings. The van der Waals surface area contributed by atoms with Gasteiger partial charge in [0.2, 0.25) is 0 Å². The fourth-order valence-electron chi connectivity index (χ4n) is 0.866. The Morgan fingerprint density at radius 1 is 0.857 bits per heavy atom. The Bertz CT molecular complexity index is 31.7. The van der Waals surface area contributed by atoms with E-state index in [4.69, 9.17) is 0 Å². The van der Waals surface area contributed by atoms with E-state index in [2.05, 4.69) is 19.6 Å². The van der Waals surface area contributed by atoms with Crippen LogP contribution in [0.15, 0.2) is 0 Å². The molecule has 0 saturated carbocycles. The van der Waals surface area contributed by atoms with Crippen LogP contribution in [-0.4, -0.2) is 33.7 Å². The molecule has 0 nitrogen and oxygen atoms in total. The fraction of sp³-hybridized carbons (Fsp3) is 1.00. The van der Waals surface area contributed by atoms with Crippen LogP contribution < -0.4 is 0 Å². The van der Waals surface area contributed by atoms with Gasteiger partial charge < -0.3 is 0 Å². The summed E-state index contributed by atoms with van der Waals surface area (Å²) < 4.78 is 0. The van der Waals surface area contributed by atoms with Crippen LogP contribution >= 0.6 is 0 Å². The van der Waals surface area contributed by atoms with E-state index < -0.39 is 0 Å². The third-order valence-corrected chi connectivity index (χ3v) is 15.6. The molecule has 7 heavy (non-hydrogen) atoms. The highest BCUT2D eigenvalue weighted by Crippen LogP contribution is 1.72. The van der Waals surface area contributed by atoms with Crippen molar-refractivity contribution < 1.29 is 0 Å². The van der Waals surface area contributed by atoms with Crippen LogP contribution in [0.5, 0.6) is 0 Å². The van der Waals surface area contributed by atoms with E-state index in [9.17, 15) is 0 Å². The maximum absolute atomic E-state index is 2.47. The van der Waals surface area contributed by atoms with E-state index in [-0.39, 0.29) is 0 Å². The molecule has 0 atom stereocenters. The van der Waals surface area contributed by atoms with Gasteiger partial charge in [-0.1, -0.05) is 19.6 Å². The predicted octanol–water partition coefficient (Wildman–Crippen LogP) is -1.38. The number of hydrogen-bond acceptors (Lipinski definition) is 0. The molecule has 0 aliphatic heterocycles. The molecule has 0 aromatic rings. The predicted molar refractivity (Wildman–Crippen MR) is 49.0 cm³/mol. The van der Waals surface area contributed by atoms with Crippen molar-refractivity contribution in [3.05, 3.63) is 0 Å². The molecule has 0 amide bonds. The van der Waals surface area contributed by atoms with Crippen molar-refractivity contribution in [3.8, 4) is 0 Å². The lowest BCUT2D eigenvalue weighted by Crippen LogP contribution is -2.32. The summed E-state index contributed by atoms with van der Waals surface area (Å²) >= 11 is 0. The first-order valence-electron chi connectivity index (χ1n) is 3.35. The van der Waals surface area contributed by atoms with Gasteiger partial charge in [-0.15, -0.1) is 0 Å². The molecule has 0 fully saturated rings. The smallest absolute Gasteiger partial charge is 0.0807 e. The molecule has 0 N–H and O–H groups in total. The third kappa shape index (κ3) is 3.31. The highest BCUT2D eigenvalue weighted by molar-refractivity contribution is 7.59. The molecule has 4 heteroatoms. The molecule has 0 spiro atoms. The number of rotatable bonds is 3. The molecule has 0 heterocycles. The lowest BCUT2D eigenvalue weighted by molar-refractivity contribution is 2.31. The van der Waals surface area contributed by atoms with Gasteiger partial charge in [0.1, 0.15) is 5.49 Å².